The maximum Gasteiger partial charge on any atom is 0.516 e. The molecule has 0 aromatic carbocycles. The van der Waals surface area contributed by atoms with E-state index in [9.17, 15) is 4.79 Å². The fourth-order valence-electron chi connectivity index (χ4n) is 1.04. The average Bonchev–Trinajstić information content (AvgIpc) is 2.05. The number of quaternary nitrogens is 1. The minimum Gasteiger partial charge on any atom is -0.420 e. The highest BCUT2D eigenvalue weighted by atomic mass is 16.6. The lowest BCUT2D eigenvalue weighted by atomic mass is 10.4. The lowest BCUT2D eigenvalue weighted by molar-refractivity contribution is -0.832. The summed E-state index contributed by atoms with van der Waals surface area (Å²) in [7, 11) is 1.72. The standard InChI is InChI=1S/C9H18NO3/c1-4-6-10(3,7-8-11)9(12)13-5-2/h4,11H,1,5-8H2,2-3H3/q+1. The molecule has 0 saturated heterocycles. The Kier molecular flexibility index (Phi) is 5.34. The summed E-state index contributed by atoms with van der Waals surface area (Å²) in [6.45, 7) is 6.47. The Morgan fingerprint density at radius 2 is 2.31 bits per heavy atom. The van der Waals surface area contributed by atoms with Crippen molar-refractivity contribution in [2.75, 3.05) is 33.4 Å². The quantitative estimate of drug-likeness (QED) is 0.512. The lowest BCUT2D eigenvalue weighted by Gasteiger charge is -2.27. The van der Waals surface area contributed by atoms with Crippen molar-refractivity contribution in [2.45, 2.75) is 6.92 Å². The topological polar surface area (TPSA) is 46.5 Å². The van der Waals surface area contributed by atoms with E-state index in [-0.39, 0.29) is 17.2 Å². The molecule has 1 unspecified atom stereocenters. The van der Waals surface area contributed by atoms with Crippen LogP contribution in [0.1, 0.15) is 6.92 Å². The predicted octanol–water partition coefficient (Wildman–Crippen LogP) is 0.768. The highest BCUT2D eigenvalue weighted by molar-refractivity contribution is 5.59. The van der Waals surface area contributed by atoms with Crippen LogP contribution in [0.25, 0.3) is 0 Å². The fraction of sp³-hybridized carbons (Fsp3) is 0.667. The molecule has 4 heteroatoms. The number of likely N-dealkylation sites (N-methyl/N-ethyl adjacent to an activating group) is 1. The molecule has 1 atom stereocenters. The third-order valence-corrected chi connectivity index (χ3v) is 1.83. The first-order valence-electron chi connectivity index (χ1n) is 4.34. The monoisotopic (exact) mass is 188 g/mol. The molecule has 1 amide bonds. The van der Waals surface area contributed by atoms with Gasteiger partial charge < -0.3 is 9.84 Å². The largest absolute Gasteiger partial charge is 0.516 e. The van der Waals surface area contributed by atoms with Gasteiger partial charge in [0.1, 0.15) is 13.1 Å². The minimum absolute atomic E-state index is 0.0385. The van der Waals surface area contributed by atoms with Crippen LogP contribution < -0.4 is 0 Å². The number of hydrogen-bond donors (Lipinski definition) is 1. The number of rotatable bonds is 5. The van der Waals surface area contributed by atoms with E-state index in [0.717, 1.165) is 0 Å². The SMILES string of the molecule is C=CC[N+](C)(CCO)C(=O)OCC. The van der Waals surface area contributed by atoms with Crippen molar-refractivity contribution in [1.82, 2.24) is 0 Å². The van der Waals surface area contributed by atoms with E-state index in [1.165, 1.54) is 0 Å². The third-order valence-electron chi connectivity index (χ3n) is 1.83. The van der Waals surface area contributed by atoms with Crippen molar-refractivity contribution >= 4 is 6.09 Å². The van der Waals surface area contributed by atoms with E-state index < -0.39 is 0 Å². The van der Waals surface area contributed by atoms with Crippen LogP contribution in [-0.2, 0) is 4.74 Å². The summed E-state index contributed by atoms with van der Waals surface area (Å²) in [5, 5.41) is 8.79. The number of aliphatic hydroxyl groups is 1. The molecule has 0 aliphatic rings. The van der Waals surface area contributed by atoms with Crippen LogP contribution in [0.5, 0.6) is 0 Å². The molecular formula is C9H18NO3+. The van der Waals surface area contributed by atoms with Crippen LogP contribution in [0, 0.1) is 0 Å². The Bertz CT molecular complexity index is 182. The minimum atomic E-state index is -0.323. The molecule has 0 radical (unpaired) electrons. The Morgan fingerprint density at radius 3 is 2.69 bits per heavy atom. The van der Waals surface area contributed by atoms with Gasteiger partial charge in [0.2, 0.25) is 0 Å². The van der Waals surface area contributed by atoms with Crippen molar-refractivity contribution in [3.05, 3.63) is 12.7 Å². The first-order chi connectivity index (χ1) is 6.10. The molecule has 0 rings (SSSR count). The van der Waals surface area contributed by atoms with E-state index in [0.29, 0.717) is 19.7 Å². The Balaban J connectivity index is 4.36. The van der Waals surface area contributed by atoms with E-state index >= 15 is 0 Å². The molecule has 0 aliphatic carbocycles. The first kappa shape index (κ1) is 12.1. The summed E-state index contributed by atoms with van der Waals surface area (Å²) in [6.07, 6.45) is 1.32. The maximum absolute atomic E-state index is 11.4. The fourth-order valence-corrected chi connectivity index (χ4v) is 1.04. The number of carbonyl (C=O) groups excluding carboxylic acids is 1. The zero-order valence-corrected chi connectivity index (χ0v) is 8.32. The molecule has 0 heterocycles. The molecule has 0 aromatic heterocycles. The number of aliphatic hydroxyl groups excluding tert-OH is 1. The van der Waals surface area contributed by atoms with Crippen molar-refractivity contribution in [1.29, 1.82) is 0 Å². The first-order valence-corrected chi connectivity index (χ1v) is 4.34. The van der Waals surface area contributed by atoms with Crippen LogP contribution in [0.2, 0.25) is 0 Å². The van der Waals surface area contributed by atoms with E-state index in [1.807, 2.05) is 0 Å². The smallest absolute Gasteiger partial charge is 0.420 e. The molecule has 0 aromatic rings. The number of nitrogens with zero attached hydrogens (tertiary/aromatic N) is 1. The van der Waals surface area contributed by atoms with Gasteiger partial charge >= 0.3 is 6.09 Å². The average molecular weight is 188 g/mol. The second-order valence-electron chi connectivity index (χ2n) is 3.01. The van der Waals surface area contributed by atoms with Crippen LogP contribution in [0.4, 0.5) is 4.79 Å². The highest BCUT2D eigenvalue weighted by Crippen LogP contribution is 2.05. The van der Waals surface area contributed by atoms with Crippen molar-refractivity contribution in [3.63, 3.8) is 0 Å². The zero-order chi connectivity index (χ0) is 10.3. The number of hydrogen-bond acceptors (Lipinski definition) is 3. The van der Waals surface area contributed by atoms with Crippen molar-refractivity contribution in [2.24, 2.45) is 0 Å². The summed E-state index contributed by atoms with van der Waals surface area (Å²) in [4.78, 5) is 11.4. The predicted molar refractivity (Wildman–Crippen MR) is 50.2 cm³/mol. The molecule has 4 nitrogen and oxygen atoms in total. The molecule has 13 heavy (non-hydrogen) atoms. The van der Waals surface area contributed by atoms with Crippen LogP contribution in [0.15, 0.2) is 12.7 Å². The summed E-state index contributed by atoms with van der Waals surface area (Å²) in [5.74, 6) is 0. The van der Waals surface area contributed by atoms with Gasteiger partial charge in [-0.25, -0.2) is 4.48 Å². The Hall–Kier alpha value is -0.870. The van der Waals surface area contributed by atoms with Gasteiger partial charge in [-0.3, -0.25) is 0 Å². The highest BCUT2D eigenvalue weighted by Gasteiger charge is 2.31. The van der Waals surface area contributed by atoms with E-state index in [2.05, 4.69) is 6.58 Å². The van der Waals surface area contributed by atoms with Gasteiger partial charge in [-0.15, -0.1) is 0 Å². The number of carbonyl (C=O) groups is 1. The van der Waals surface area contributed by atoms with E-state index in [1.54, 1.807) is 20.0 Å². The molecule has 0 spiro atoms. The lowest BCUT2D eigenvalue weighted by Crippen LogP contribution is -2.51. The van der Waals surface area contributed by atoms with Crippen molar-refractivity contribution in [3.8, 4) is 0 Å². The van der Waals surface area contributed by atoms with Crippen molar-refractivity contribution < 1.29 is 19.1 Å². The number of amides is 1. The zero-order valence-electron chi connectivity index (χ0n) is 8.32. The van der Waals surface area contributed by atoms with Crippen LogP contribution >= 0.6 is 0 Å². The molecule has 1 N–H and O–H groups in total. The summed E-state index contributed by atoms with van der Waals surface area (Å²) in [5.41, 5.74) is 0. The molecular weight excluding hydrogens is 170 g/mol. The van der Waals surface area contributed by atoms with E-state index in [4.69, 9.17) is 9.84 Å². The maximum atomic E-state index is 11.4. The summed E-state index contributed by atoms with van der Waals surface area (Å²) < 4.78 is 4.94. The summed E-state index contributed by atoms with van der Waals surface area (Å²) in [6, 6.07) is 0. The molecule has 76 valence electrons. The Labute approximate surface area is 79.0 Å². The molecule has 0 aliphatic heterocycles. The van der Waals surface area contributed by atoms with Gasteiger partial charge in [0.05, 0.1) is 20.3 Å². The van der Waals surface area contributed by atoms with Gasteiger partial charge in [-0.1, -0.05) is 6.58 Å². The van der Waals surface area contributed by atoms with Gasteiger partial charge in [-0.05, 0) is 13.0 Å². The molecule has 0 saturated carbocycles. The third kappa shape index (κ3) is 3.57. The summed E-state index contributed by atoms with van der Waals surface area (Å²) >= 11 is 0. The normalized spacial score (nSPS) is 14.7. The van der Waals surface area contributed by atoms with Gasteiger partial charge in [0.25, 0.3) is 0 Å². The second-order valence-corrected chi connectivity index (χ2v) is 3.01. The second kappa shape index (κ2) is 5.72. The Morgan fingerprint density at radius 1 is 1.69 bits per heavy atom. The number of ether oxygens (including phenoxy) is 1. The molecule has 0 fully saturated rings. The van der Waals surface area contributed by atoms with Gasteiger partial charge in [0, 0.05) is 0 Å². The molecule has 0 bridgehead atoms. The van der Waals surface area contributed by atoms with Gasteiger partial charge in [0.15, 0.2) is 0 Å². The van der Waals surface area contributed by atoms with Crippen LogP contribution in [0.3, 0.4) is 0 Å². The van der Waals surface area contributed by atoms with Gasteiger partial charge in [-0.2, -0.15) is 4.79 Å². The van der Waals surface area contributed by atoms with Crippen LogP contribution in [-0.4, -0.2) is 49.0 Å².